The second-order valence-corrected chi connectivity index (χ2v) is 7.46. The third-order valence-electron chi connectivity index (χ3n) is 5.58. The number of halogens is 4. The van der Waals surface area contributed by atoms with Gasteiger partial charge in [-0.1, -0.05) is 0 Å². The minimum atomic E-state index is -4.54. The third-order valence-corrected chi connectivity index (χ3v) is 5.58. The molecule has 0 saturated carbocycles. The van der Waals surface area contributed by atoms with E-state index in [-0.39, 0.29) is 34.8 Å². The van der Waals surface area contributed by atoms with E-state index < -0.39 is 29.5 Å². The normalized spacial score (nSPS) is 15.7. The lowest BCUT2D eigenvalue weighted by molar-refractivity contribution is -0.137. The first kappa shape index (κ1) is 20.0. The van der Waals surface area contributed by atoms with Gasteiger partial charge < -0.3 is 15.4 Å². The lowest BCUT2D eigenvalue weighted by Gasteiger charge is -2.24. The van der Waals surface area contributed by atoms with Crippen LogP contribution in [0.25, 0.3) is 16.6 Å². The quantitative estimate of drug-likeness (QED) is 0.474. The van der Waals surface area contributed by atoms with E-state index in [9.17, 15) is 22.4 Å². The van der Waals surface area contributed by atoms with Gasteiger partial charge in [0.1, 0.15) is 29.5 Å². The number of carbonyl (C=O) groups excluding carboxylic acids is 1. The summed E-state index contributed by atoms with van der Waals surface area (Å²) in [5.41, 5.74) is 6.10. The van der Waals surface area contributed by atoms with Crippen molar-refractivity contribution in [1.29, 1.82) is 0 Å². The Morgan fingerprint density at radius 2 is 2.03 bits per heavy atom. The van der Waals surface area contributed by atoms with Crippen LogP contribution < -0.4 is 10.5 Å². The predicted molar refractivity (Wildman–Crippen MR) is 107 cm³/mol. The molecule has 4 aromatic rings. The zero-order valence-electron chi connectivity index (χ0n) is 16.5. The highest BCUT2D eigenvalue weighted by Gasteiger charge is 2.36. The van der Waals surface area contributed by atoms with Gasteiger partial charge in [0.2, 0.25) is 0 Å². The highest BCUT2D eigenvalue weighted by atomic mass is 19.4. The molecule has 2 aromatic carbocycles. The number of aromatic nitrogens is 3. The molecule has 0 spiro atoms. The van der Waals surface area contributed by atoms with Crippen LogP contribution in [0.3, 0.4) is 0 Å². The molecule has 5 rings (SSSR count). The molecule has 32 heavy (non-hydrogen) atoms. The Labute approximate surface area is 178 Å². The molecule has 11 heteroatoms. The van der Waals surface area contributed by atoms with E-state index in [0.29, 0.717) is 11.0 Å². The Kier molecular flexibility index (Phi) is 4.26. The summed E-state index contributed by atoms with van der Waals surface area (Å²) >= 11 is 0. The SMILES string of the molecule is CN(C(=O)c1cc2c(cc1F)nc(N)c1cncn12)C1COc2ccc(C(F)(F)F)cc21. The predicted octanol–water partition coefficient (Wildman–Crippen LogP) is 3.83. The summed E-state index contributed by atoms with van der Waals surface area (Å²) in [5.74, 6) is -1.13. The molecule has 7 nitrogen and oxygen atoms in total. The molecule has 1 atom stereocenters. The van der Waals surface area contributed by atoms with Crippen LogP contribution in [0, 0.1) is 5.82 Å². The van der Waals surface area contributed by atoms with Crippen LogP contribution in [0.15, 0.2) is 42.9 Å². The number of carbonyl (C=O) groups is 1. The van der Waals surface area contributed by atoms with E-state index in [1.165, 1.54) is 36.6 Å². The van der Waals surface area contributed by atoms with Crippen LogP contribution >= 0.6 is 0 Å². The van der Waals surface area contributed by atoms with Gasteiger partial charge in [-0.15, -0.1) is 0 Å². The van der Waals surface area contributed by atoms with E-state index >= 15 is 0 Å². The van der Waals surface area contributed by atoms with Gasteiger partial charge in [-0.25, -0.2) is 14.4 Å². The van der Waals surface area contributed by atoms with E-state index in [1.807, 2.05) is 0 Å². The van der Waals surface area contributed by atoms with Crippen molar-refractivity contribution in [3.05, 3.63) is 65.4 Å². The smallest absolute Gasteiger partial charge is 0.416 e. The maximum atomic E-state index is 14.9. The second kappa shape index (κ2) is 6.81. The van der Waals surface area contributed by atoms with E-state index in [1.54, 1.807) is 4.40 Å². The number of alkyl halides is 3. The highest BCUT2D eigenvalue weighted by Crippen LogP contribution is 2.40. The first-order chi connectivity index (χ1) is 15.1. The largest absolute Gasteiger partial charge is 0.491 e. The zero-order valence-corrected chi connectivity index (χ0v) is 16.5. The summed E-state index contributed by atoms with van der Waals surface area (Å²) < 4.78 is 61.3. The molecular formula is C21H15F4N5O2. The Bertz CT molecular complexity index is 1400. The number of benzene rings is 2. The highest BCUT2D eigenvalue weighted by molar-refractivity contribution is 5.98. The topological polar surface area (TPSA) is 85.8 Å². The second-order valence-electron chi connectivity index (χ2n) is 7.46. The molecular weight excluding hydrogens is 430 g/mol. The van der Waals surface area contributed by atoms with Crippen LogP contribution in [-0.4, -0.2) is 38.8 Å². The van der Waals surface area contributed by atoms with Crippen molar-refractivity contribution in [3.63, 3.8) is 0 Å². The van der Waals surface area contributed by atoms with Crippen molar-refractivity contribution in [2.45, 2.75) is 12.2 Å². The number of likely N-dealkylation sites (N-methyl/N-ethyl adjacent to an activating group) is 1. The van der Waals surface area contributed by atoms with Gasteiger partial charge in [-0.05, 0) is 24.3 Å². The average molecular weight is 445 g/mol. The fourth-order valence-corrected chi connectivity index (χ4v) is 3.89. The van der Waals surface area contributed by atoms with Gasteiger partial charge in [0, 0.05) is 18.7 Å². The molecule has 0 saturated heterocycles. The molecule has 3 heterocycles. The number of hydrogen-bond donors (Lipinski definition) is 1. The molecule has 2 aromatic heterocycles. The Hall–Kier alpha value is -3.89. The zero-order chi connectivity index (χ0) is 22.8. The summed E-state index contributed by atoms with van der Waals surface area (Å²) in [4.78, 5) is 22.5. The molecule has 1 unspecified atom stereocenters. The lowest BCUT2D eigenvalue weighted by atomic mass is 10.0. The van der Waals surface area contributed by atoms with Crippen LogP contribution in [0.1, 0.15) is 27.5 Å². The van der Waals surface area contributed by atoms with Gasteiger partial charge in [0.15, 0.2) is 0 Å². The van der Waals surface area contributed by atoms with Gasteiger partial charge in [0.25, 0.3) is 5.91 Å². The maximum absolute atomic E-state index is 14.9. The molecule has 1 aliphatic rings. The molecule has 2 N–H and O–H groups in total. The number of anilines is 1. The standard InChI is InChI=1S/C21H15F4N5O2/c1-29(17-8-32-18-3-2-10(4-12(17)18)21(23,24)25)20(31)11-5-15-14(6-13(11)22)28-19(26)16-7-27-9-30(15)16/h2-7,9,17H,8H2,1H3,(H2,26,28). The van der Waals surface area contributed by atoms with Crippen molar-refractivity contribution < 1.29 is 27.1 Å². The molecule has 1 aliphatic heterocycles. The Morgan fingerprint density at radius 3 is 2.78 bits per heavy atom. The number of amides is 1. The monoisotopic (exact) mass is 445 g/mol. The number of nitrogens with two attached hydrogens (primary N) is 1. The summed E-state index contributed by atoms with van der Waals surface area (Å²) in [6.45, 7) is -0.0437. The lowest BCUT2D eigenvalue weighted by Crippen LogP contribution is -2.32. The summed E-state index contributed by atoms with van der Waals surface area (Å²) in [5, 5.41) is 0. The van der Waals surface area contributed by atoms with Crippen molar-refractivity contribution in [3.8, 4) is 5.75 Å². The van der Waals surface area contributed by atoms with Crippen molar-refractivity contribution in [2.75, 3.05) is 19.4 Å². The number of fused-ring (bicyclic) bond motifs is 4. The van der Waals surface area contributed by atoms with Crippen LogP contribution in [0.5, 0.6) is 5.75 Å². The molecule has 164 valence electrons. The fourth-order valence-electron chi connectivity index (χ4n) is 3.89. The van der Waals surface area contributed by atoms with Gasteiger partial charge in [-0.2, -0.15) is 13.2 Å². The van der Waals surface area contributed by atoms with Crippen LogP contribution in [-0.2, 0) is 6.18 Å². The number of ether oxygens (including phenoxy) is 1. The van der Waals surface area contributed by atoms with Gasteiger partial charge >= 0.3 is 6.18 Å². The molecule has 0 radical (unpaired) electrons. The summed E-state index contributed by atoms with van der Waals surface area (Å²) in [6.07, 6.45) is -1.59. The molecule has 0 fully saturated rings. The minimum absolute atomic E-state index is 0.0437. The molecule has 1 amide bonds. The number of rotatable bonds is 2. The van der Waals surface area contributed by atoms with Crippen molar-refractivity contribution in [1.82, 2.24) is 19.3 Å². The summed E-state index contributed by atoms with van der Waals surface area (Å²) in [7, 11) is 1.39. The van der Waals surface area contributed by atoms with Crippen molar-refractivity contribution >= 4 is 28.3 Å². The Balaban J connectivity index is 1.56. The van der Waals surface area contributed by atoms with Crippen molar-refractivity contribution in [2.24, 2.45) is 0 Å². The number of nitrogen functional groups attached to an aromatic ring is 1. The number of imidazole rings is 1. The molecule has 0 aliphatic carbocycles. The van der Waals surface area contributed by atoms with Crippen LogP contribution in [0.4, 0.5) is 23.4 Å². The van der Waals surface area contributed by atoms with E-state index in [2.05, 4.69) is 9.97 Å². The van der Waals surface area contributed by atoms with Gasteiger partial charge in [0.05, 0.1) is 40.7 Å². The maximum Gasteiger partial charge on any atom is 0.416 e. The first-order valence-electron chi connectivity index (χ1n) is 9.47. The molecule has 0 bridgehead atoms. The number of nitrogens with zero attached hydrogens (tertiary/aromatic N) is 4. The first-order valence-corrected chi connectivity index (χ1v) is 9.47. The number of hydrogen-bond acceptors (Lipinski definition) is 5. The summed E-state index contributed by atoms with van der Waals surface area (Å²) in [6, 6.07) is 4.70. The van der Waals surface area contributed by atoms with E-state index in [0.717, 1.165) is 18.2 Å². The fraction of sp³-hybridized carbons (Fsp3) is 0.190. The Morgan fingerprint density at radius 1 is 1.25 bits per heavy atom. The van der Waals surface area contributed by atoms with Crippen LogP contribution in [0.2, 0.25) is 0 Å². The minimum Gasteiger partial charge on any atom is -0.491 e. The third kappa shape index (κ3) is 3.00. The average Bonchev–Trinajstić information content (AvgIpc) is 3.39. The van der Waals surface area contributed by atoms with E-state index in [4.69, 9.17) is 10.5 Å². The van der Waals surface area contributed by atoms with Gasteiger partial charge in [-0.3, -0.25) is 9.20 Å².